The number of rotatable bonds is 1. The molecule has 2 aliphatic rings. The summed E-state index contributed by atoms with van der Waals surface area (Å²) in [5.74, 6) is 0.436. The molecular weight excluding hydrogens is 164 g/mol. The third-order valence-electron chi connectivity index (χ3n) is 3.43. The molecular formula is C10H18N2O. The summed E-state index contributed by atoms with van der Waals surface area (Å²) in [4.78, 5) is 13.6. The quantitative estimate of drug-likeness (QED) is 0.637. The van der Waals surface area contributed by atoms with Gasteiger partial charge in [-0.15, -0.1) is 0 Å². The summed E-state index contributed by atoms with van der Waals surface area (Å²) < 4.78 is 0. The minimum absolute atomic E-state index is 0.320. The Kier molecular flexibility index (Phi) is 2.39. The van der Waals surface area contributed by atoms with Gasteiger partial charge >= 0.3 is 0 Å². The first-order valence-electron chi connectivity index (χ1n) is 5.18. The summed E-state index contributed by atoms with van der Waals surface area (Å²) >= 11 is 0. The number of ketones is 1. The number of nitrogens with one attached hydrogen (secondary N) is 1. The van der Waals surface area contributed by atoms with Gasteiger partial charge in [0.05, 0.1) is 0 Å². The molecule has 2 fully saturated rings. The SMILES string of the molecule is CC1(N2CCC(=O)CC2)CCNC1. The molecule has 0 aromatic heterocycles. The molecule has 1 unspecified atom stereocenters. The average Bonchev–Trinajstić information content (AvgIpc) is 2.54. The summed E-state index contributed by atoms with van der Waals surface area (Å²) in [5, 5.41) is 3.39. The van der Waals surface area contributed by atoms with Gasteiger partial charge in [-0.05, 0) is 19.9 Å². The molecule has 0 amide bonds. The Bertz CT molecular complexity index is 199. The molecule has 0 bridgehead atoms. The fourth-order valence-corrected chi connectivity index (χ4v) is 2.37. The van der Waals surface area contributed by atoms with E-state index in [1.54, 1.807) is 0 Å². The fourth-order valence-electron chi connectivity index (χ4n) is 2.37. The molecule has 2 heterocycles. The summed E-state index contributed by atoms with van der Waals surface area (Å²) in [5.41, 5.74) is 0.320. The summed E-state index contributed by atoms with van der Waals surface area (Å²) in [7, 11) is 0. The maximum Gasteiger partial charge on any atom is 0.135 e. The number of likely N-dealkylation sites (tertiary alicyclic amines) is 1. The van der Waals surface area contributed by atoms with Crippen molar-refractivity contribution in [1.82, 2.24) is 10.2 Å². The molecule has 0 aliphatic carbocycles. The van der Waals surface area contributed by atoms with Crippen molar-refractivity contribution in [3.8, 4) is 0 Å². The van der Waals surface area contributed by atoms with Crippen molar-refractivity contribution in [2.75, 3.05) is 26.2 Å². The van der Waals surface area contributed by atoms with Crippen molar-refractivity contribution >= 4 is 5.78 Å². The molecule has 3 nitrogen and oxygen atoms in total. The van der Waals surface area contributed by atoms with Gasteiger partial charge in [0.15, 0.2) is 0 Å². The second-order valence-corrected chi connectivity index (χ2v) is 4.45. The molecule has 74 valence electrons. The summed E-state index contributed by atoms with van der Waals surface area (Å²) in [6.07, 6.45) is 2.74. The predicted octanol–water partition coefficient (Wildman–Crippen LogP) is 0.403. The number of carbonyl (C=O) groups excluding carboxylic acids is 1. The van der Waals surface area contributed by atoms with Crippen LogP contribution in [0.5, 0.6) is 0 Å². The highest BCUT2D eigenvalue weighted by molar-refractivity contribution is 5.79. The Morgan fingerprint density at radius 3 is 2.62 bits per heavy atom. The van der Waals surface area contributed by atoms with Gasteiger partial charge in [-0.2, -0.15) is 0 Å². The van der Waals surface area contributed by atoms with E-state index < -0.39 is 0 Å². The van der Waals surface area contributed by atoms with Crippen molar-refractivity contribution in [3.63, 3.8) is 0 Å². The lowest BCUT2D eigenvalue weighted by molar-refractivity contribution is -0.122. The van der Waals surface area contributed by atoms with E-state index >= 15 is 0 Å². The molecule has 2 aliphatic heterocycles. The molecule has 2 rings (SSSR count). The topological polar surface area (TPSA) is 32.3 Å². The van der Waals surface area contributed by atoms with E-state index in [0.717, 1.165) is 39.0 Å². The number of carbonyl (C=O) groups is 1. The molecule has 0 spiro atoms. The zero-order chi connectivity index (χ0) is 9.31. The van der Waals surface area contributed by atoms with E-state index in [1.165, 1.54) is 6.42 Å². The van der Waals surface area contributed by atoms with E-state index in [2.05, 4.69) is 17.1 Å². The predicted molar refractivity (Wildman–Crippen MR) is 51.7 cm³/mol. The number of nitrogens with zero attached hydrogens (tertiary/aromatic N) is 1. The van der Waals surface area contributed by atoms with Gasteiger partial charge in [0.25, 0.3) is 0 Å². The van der Waals surface area contributed by atoms with Gasteiger partial charge < -0.3 is 5.32 Å². The van der Waals surface area contributed by atoms with E-state index in [0.29, 0.717) is 11.3 Å². The highest BCUT2D eigenvalue weighted by Gasteiger charge is 2.36. The third kappa shape index (κ3) is 1.76. The van der Waals surface area contributed by atoms with Crippen LogP contribution in [0, 0.1) is 0 Å². The average molecular weight is 182 g/mol. The molecule has 3 heteroatoms. The smallest absolute Gasteiger partial charge is 0.135 e. The minimum atomic E-state index is 0.320. The Morgan fingerprint density at radius 2 is 2.08 bits per heavy atom. The molecule has 1 N–H and O–H groups in total. The second kappa shape index (κ2) is 3.39. The first-order valence-corrected chi connectivity index (χ1v) is 5.18. The highest BCUT2D eigenvalue weighted by Crippen LogP contribution is 2.25. The van der Waals surface area contributed by atoms with Crippen LogP contribution in [-0.2, 0) is 4.79 Å². The van der Waals surface area contributed by atoms with E-state index in [9.17, 15) is 4.79 Å². The Labute approximate surface area is 79.5 Å². The van der Waals surface area contributed by atoms with Gasteiger partial charge in [0, 0.05) is 38.0 Å². The van der Waals surface area contributed by atoms with Crippen LogP contribution in [0.3, 0.4) is 0 Å². The zero-order valence-corrected chi connectivity index (χ0v) is 8.31. The van der Waals surface area contributed by atoms with Gasteiger partial charge in [-0.25, -0.2) is 0 Å². The molecule has 0 saturated carbocycles. The normalized spacial score (nSPS) is 36.8. The number of hydrogen-bond donors (Lipinski definition) is 1. The van der Waals surface area contributed by atoms with E-state index in [1.807, 2.05) is 0 Å². The first kappa shape index (κ1) is 9.16. The van der Waals surface area contributed by atoms with Gasteiger partial charge in [-0.3, -0.25) is 9.69 Å². The number of piperidine rings is 1. The molecule has 0 radical (unpaired) electrons. The monoisotopic (exact) mass is 182 g/mol. The maximum absolute atomic E-state index is 11.1. The standard InChI is InChI=1S/C10H18N2O/c1-10(4-5-11-8-10)12-6-2-9(13)3-7-12/h11H,2-8H2,1H3. The van der Waals surface area contributed by atoms with Crippen molar-refractivity contribution in [2.45, 2.75) is 31.7 Å². The minimum Gasteiger partial charge on any atom is -0.315 e. The van der Waals surface area contributed by atoms with Crippen LogP contribution in [0.4, 0.5) is 0 Å². The largest absolute Gasteiger partial charge is 0.315 e. The van der Waals surface area contributed by atoms with E-state index in [-0.39, 0.29) is 0 Å². The Morgan fingerprint density at radius 1 is 1.38 bits per heavy atom. The number of Topliss-reactive ketones (excluding diaryl/α,β-unsaturated/α-hetero) is 1. The van der Waals surface area contributed by atoms with Crippen molar-refractivity contribution < 1.29 is 4.79 Å². The van der Waals surface area contributed by atoms with Crippen molar-refractivity contribution in [3.05, 3.63) is 0 Å². The first-order chi connectivity index (χ1) is 6.21. The molecule has 0 aromatic rings. The molecule has 0 aromatic carbocycles. The molecule has 2 saturated heterocycles. The summed E-state index contributed by atoms with van der Waals surface area (Å²) in [6, 6.07) is 0. The van der Waals surface area contributed by atoms with Gasteiger partial charge in [-0.1, -0.05) is 0 Å². The van der Waals surface area contributed by atoms with Crippen LogP contribution in [0.25, 0.3) is 0 Å². The van der Waals surface area contributed by atoms with Crippen LogP contribution in [0.15, 0.2) is 0 Å². The molecule has 13 heavy (non-hydrogen) atoms. The molecule has 1 atom stereocenters. The van der Waals surface area contributed by atoms with E-state index in [4.69, 9.17) is 0 Å². The van der Waals surface area contributed by atoms with Crippen molar-refractivity contribution in [1.29, 1.82) is 0 Å². The van der Waals surface area contributed by atoms with Crippen molar-refractivity contribution in [2.24, 2.45) is 0 Å². The number of hydrogen-bond acceptors (Lipinski definition) is 3. The van der Waals surface area contributed by atoms with Crippen LogP contribution >= 0.6 is 0 Å². The fraction of sp³-hybridized carbons (Fsp3) is 0.900. The Balaban J connectivity index is 1.96. The third-order valence-corrected chi connectivity index (χ3v) is 3.43. The lowest BCUT2D eigenvalue weighted by atomic mass is 9.95. The van der Waals surface area contributed by atoms with Crippen LogP contribution < -0.4 is 5.32 Å². The lowest BCUT2D eigenvalue weighted by Gasteiger charge is -2.39. The van der Waals surface area contributed by atoms with Crippen LogP contribution in [-0.4, -0.2) is 42.4 Å². The highest BCUT2D eigenvalue weighted by atomic mass is 16.1. The second-order valence-electron chi connectivity index (χ2n) is 4.45. The summed E-state index contributed by atoms with van der Waals surface area (Å²) in [6.45, 7) is 6.46. The Hall–Kier alpha value is -0.410. The zero-order valence-electron chi connectivity index (χ0n) is 8.31. The van der Waals surface area contributed by atoms with Crippen LogP contribution in [0.2, 0.25) is 0 Å². The van der Waals surface area contributed by atoms with Gasteiger partial charge in [0.1, 0.15) is 5.78 Å². The van der Waals surface area contributed by atoms with Gasteiger partial charge in [0.2, 0.25) is 0 Å². The van der Waals surface area contributed by atoms with Crippen LogP contribution in [0.1, 0.15) is 26.2 Å². The maximum atomic E-state index is 11.1. The lowest BCUT2D eigenvalue weighted by Crippen LogP contribution is -2.51.